The summed E-state index contributed by atoms with van der Waals surface area (Å²) in [5, 5.41) is 0. The Kier molecular flexibility index (Phi) is 4.65. The molecule has 0 bridgehead atoms. The molecule has 0 saturated heterocycles. The maximum Gasteiger partial charge on any atom is 0.231 e. The van der Waals surface area contributed by atoms with Crippen LogP contribution < -0.4 is 10.6 Å². The zero-order valence-corrected chi connectivity index (χ0v) is 12.4. The predicted molar refractivity (Wildman–Crippen MR) is 85.8 cm³/mol. The second-order valence-electron chi connectivity index (χ2n) is 4.67. The number of rotatable bonds is 4. The molecule has 0 saturated carbocycles. The number of amides is 1. The van der Waals surface area contributed by atoms with E-state index < -0.39 is 0 Å². The fraction of sp³-hybridized carbons (Fsp3) is 0.125. The average Bonchev–Trinajstić information content (AvgIpc) is 2.49. The van der Waals surface area contributed by atoms with Gasteiger partial charge in [0.15, 0.2) is 0 Å². The highest BCUT2D eigenvalue weighted by Gasteiger charge is 2.12. The fourth-order valence-corrected chi connectivity index (χ4v) is 2.02. The summed E-state index contributed by atoms with van der Waals surface area (Å²) in [5.74, 6) is -0.391. The predicted octanol–water partition coefficient (Wildman–Crippen LogP) is 2.67. The number of nitrogens with zero attached hydrogens (tertiary/aromatic N) is 1. The largest absolute Gasteiger partial charge is 0.389 e. The molecule has 0 spiro atoms. The van der Waals surface area contributed by atoms with Crippen molar-refractivity contribution in [3.63, 3.8) is 0 Å². The minimum Gasteiger partial charge on any atom is -0.389 e. The van der Waals surface area contributed by atoms with Gasteiger partial charge >= 0.3 is 0 Å². The monoisotopic (exact) mass is 302 g/mol. The summed E-state index contributed by atoms with van der Waals surface area (Å²) >= 11 is 4.89. The van der Waals surface area contributed by atoms with Crippen molar-refractivity contribution in [2.45, 2.75) is 6.42 Å². The number of hydrogen-bond donors (Lipinski definition) is 1. The van der Waals surface area contributed by atoms with Crippen molar-refractivity contribution in [3.05, 3.63) is 65.5 Å². The maximum atomic E-state index is 12.8. The van der Waals surface area contributed by atoms with E-state index in [1.165, 1.54) is 12.1 Å². The van der Waals surface area contributed by atoms with Gasteiger partial charge in [0.1, 0.15) is 10.8 Å². The van der Waals surface area contributed by atoms with Gasteiger partial charge in [-0.15, -0.1) is 0 Å². The summed E-state index contributed by atoms with van der Waals surface area (Å²) in [4.78, 5) is 14.1. The molecule has 2 N–H and O–H groups in total. The summed E-state index contributed by atoms with van der Waals surface area (Å²) in [5.41, 5.74) is 7.82. The van der Waals surface area contributed by atoms with Gasteiger partial charge in [-0.05, 0) is 42.0 Å². The molecule has 0 aromatic heterocycles. The van der Waals surface area contributed by atoms with Crippen LogP contribution in [0.2, 0.25) is 0 Å². The average molecular weight is 302 g/mol. The Bertz CT molecular complexity index is 653. The molecule has 0 atom stereocenters. The number of nitrogens with two attached hydrogens (primary N) is 1. The molecule has 0 heterocycles. The number of carbonyl (C=O) groups is 1. The Morgan fingerprint density at radius 2 is 1.71 bits per heavy atom. The first-order valence-electron chi connectivity index (χ1n) is 6.38. The lowest BCUT2D eigenvalue weighted by molar-refractivity contribution is -0.117. The first kappa shape index (κ1) is 15.1. The van der Waals surface area contributed by atoms with E-state index in [-0.39, 0.29) is 18.1 Å². The van der Waals surface area contributed by atoms with Crippen molar-refractivity contribution in [2.24, 2.45) is 5.73 Å². The Hall–Kier alpha value is -2.27. The summed E-state index contributed by atoms with van der Waals surface area (Å²) in [6.07, 6.45) is 0.216. The maximum absolute atomic E-state index is 12.8. The van der Waals surface area contributed by atoms with Gasteiger partial charge < -0.3 is 10.6 Å². The van der Waals surface area contributed by atoms with Crippen molar-refractivity contribution < 1.29 is 9.18 Å². The number of benzene rings is 2. The molecule has 0 aliphatic heterocycles. The van der Waals surface area contributed by atoms with E-state index in [1.807, 2.05) is 0 Å². The third-order valence-corrected chi connectivity index (χ3v) is 3.42. The van der Waals surface area contributed by atoms with Crippen LogP contribution >= 0.6 is 12.2 Å². The van der Waals surface area contributed by atoms with E-state index in [0.717, 1.165) is 16.8 Å². The molecule has 2 aromatic carbocycles. The Morgan fingerprint density at radius 3 is 2.24 bits per heavy atom. The molecule has 2 rings (SSSR count). The number of carbonyl (C=O) groups excluding carboxylic acids is 1. The van der Waals surface area contributed by atoms with E-state index in [9.17, 15) is 9.18 Å². The van der Waals surface area contributed by atoms with Gasteiger partial charge in [-0.3, -0.25) is 4.79 Å². The molecule has 2 aromatic rings. The molecule has 21 heavy (non-hydrogen) atoms. The number of hydrogen-bond acceptors (Lipinski definition) is 2. The van der Waals surface area contributed by atoms with Gasteiger partial charge in [0, 0.05) is 18.3 Å². The van der Waals surface area contributed by atoms with E-state index >= 15 is 0 Å². The third kappa shape index (κ3) is 3.86. The van der Waals surface area contributed by atoms with Crippen molar-refractivity contribution in [3.8, 4) is 0 Å². The van der Waals surface area contributed by atoms with E-state index in [0.29, 0.717) is 4.99 Å². The van der Waals surface area contributed by atoms with Gasteiger partial charge in [0.25, 0.3) is 0 Å². The van der Waals surface area contributed by atoms with Crippen molar-refractivity contribution >= 4 is 28.8 Å². The number of anilines is 1. The van der Waals surface area contributed by atoms with E-state index in [1.54, 1.807) is 48.3 Å². The van der Waals surface area contributed by atoms with Crippen LogP contribution in [0.15, 0.2) is 48.5 Å². The smallest absolute Gasteiger partial charge is 0.231 e. The highest BCUT2D eigenvalue weighted by molar-refractivity contribution is 7.80. The normalized spacial score (nSPS) is 10.2. The fourth-order valence-electron chi connectivity index (χ4n) is 1.89. The van der Waals surface area contributed by atoms with E-state index in [2.05, 4.69) is 0 Å². The molecule has 108 valence electrons. The summed E-state index contributed by atoms with van der Waals surface area (Å²) in [7, 11) is 1.70. The minimum atomic E-state index is -0.312. The standard InChI is InChI=1S/C16H15FN2OS/c1-19(14-8-4-12(5-9-14)16(18)21)15(20)10-11-2-6-13(17)7-3-11/h2-9H,10H2,1H3,(H2,18,21). The summed E-state index contributed by atoms with van der Waals surface area (Å²) in [6.45, 7) is 0. The lowest BCUT2D eigenvalue weighted by Crippen LogP contribution is -2.27. The molecule has 5 heteroatoms. The van der Waals surface area contributed by atoms with E-state index in [4.69, 9.17) is 18.0 Å². The van der Waals surface area contributed by atoms with Gasteiger partial charge in [0.2, 0.25) is 5.91 Å². The lowest BCUT2D eigenvalue weighted by atomic mass is 10.1. The molecular weight excluding hydrogens is 287 g/mol. The van der Waals surface area contributed by atoms with Gasteiger partial charge in [0.05, 0.1) is 6.42 Å². The second kappa shape index (κ2) is 6.45. The third-order valence-electron chi connectivity index (χ3n) is 3.18. The van der Waals surface area contributed by atoms with Gasteiger partial charge in [-0.1, -0.05) is 24.4 Å². The molecule has 0 aliphatic carbocycles. The zero-order chi connectivity index (χ0) is 15.4. The van der Waals surface area contributed by atoms with Gasteiger partial charge in [-0.25, -0.2) is 4.39 Å². The van der Waals surface area contributed by atoms with Crippen LogP contribution in [-0.2, 0) is 11.2 Å². The van der Waals surface area contributed by atoms with Crippen LogP contribution in [0.1, 0.15) is 11.1 Å². The first-order chi connectivity index (χ1) is 9.97. The zero-order valence-electron chi connectivity index (χ0n) is 11.5. The Labute approximate surface area is 128 Å². The number of halogens is 1. The SMILES string of the molecule is CN(C(=O)Cc1ccc(F)cc1)c1ccc(C(N)=S)cc1. The highest BCUT2D eigenvalue weighted by atomic mass is 32.1. The molecule has 0 aliphatic rings. The van der Waals surface area contributed by atoms with Crippen molar-refractivity contribution in [1.82, 2.24) is 0 Å². The van der Waals surface area contributed by atoms with Gasteiger partial charge in [-0.2, -0.15) is 0 Å². The summed E-state index contributed by atoms with van der Waals surface area (Å²) in [6, 6.07) is 13.0. The summed E-state index contributed by atoms with van der Waals surface area (Å²) < 4.78 is 12.8. The van der Waals surface area contributed by atoms with Crippen molar-refractivity contribution in [2.75, 3.05) is 11.9 Å². The van der Waals surface area contributed by atoms with Crippen molar-refractivity contribution in [1.29, 1.82) is 0 Å². The quantitative estimate of drug-likeness (QED) is 0.883. The molecular formula is C16H15FN2OS. The minimum absolute atomic E-state index is 0.0790. The lowest BCUT2D eigenvalue weighted by Gasteiger charge is -2.17. The van der Waals surface area contributed by atoms with Crippen LogP contribution in [-0.4, -0.2) is 17.9 Å². The molecule has 0 radical (unpaired) electrons. The molecule has 1 amide bonds. The number of likely N-dealkylation sites (N-methyl/N-ethyl adjacent to an activating group) is 1. The Balaban J connectivity index is 2.08. The Morgan fingerprint density at radius 1 is 1.14 bits per heavy atom. The molecule has 3 nitrogen and oxygen atoms in total. The first-order valence-corrected chi connectivity index (χ1v) is 6.79. The second-order valence-corrected chi connectivity index (χ2v) is 5.11. The molecule has 0 fully saturated rings. The van der Waals surface area contributed by atoms with Crippen LogP contribution in [0, 0.1) is 5.82 Å². The number of thiocarbonyl (C=S) groups is 1. The van der Waals surface area contributed by atoms with Crippen LogP contribution in [0.25, 0.3) is 0 Å². The van der Waals surface area contributed by atoms with Crippen LogP contribution in [0.3, 0.4) is 0 Å². The topological polar surface area (TPSA) is 46.3 Å². The highest BCUT2D eigenvalue weighted by Crippen LogP contribution is 2.15. The van der Waals surface area contributed by atoms with Crippen LogP contribution in [0.4, 0.5) is 10.1 Å². The molecule has 0 unspecified atom stereocenters. The van der Waals surface area contributed by atoms with Crippen LogP contribution in [0.5, 0.6) is 0 Å².